The van der Waals surface area contributed by atoms with Crippen molar-refractivity contribution in [3.05, 3.63) is 29.6 Å². The van der Waals surface area contributed by atoms with Crippen molar-refractivity contribution in [3.8, 4) is 5.75 Å². The molecule has 1 heterocycles. The second-order valence-corrected chi connectivity index (χ2v) is 6.85. The Labute approximate surface area is 110 Å². The van der Waals surface area contributed by atoms with Gasteiger partial charge in [0.2, 0.25) is 0 Å². The van der Waals surface area contributed by atoms with Gasteiger partial charge in [-0.2, -0.15) is 0 Å². The van der Waals surface area contributed by atoms with Crippen LogP contribution in [-0.2, 0) is 9.84 Å². The number of hydrogen-bond donors (Lipinski definition) is 1. The molecule has 0 radical (unpaired) electrons. The van der Waals surface area contributed by atoms with Crippen molar-refractivity contribution < 1.29 is 22.7 Å². The van der Waals surface area contributed by atoms with E-state index in [-0.39, 0.29) is 29.4 Å². The molecule has 1 unspecified atom stereocenters. The molecule has 1 N–H and O–H groups in total. The number of rotatable bonds is 1. The first-order chi connectivity index (χ1) is 8.80. The molecule has 1 aliphatic rings. The number of phenolic OH excluding ortho intramolecular Hbond substituents is 1. The van der Waals surface area contributed by atoms with Gasteiger partial charge >= 0.3 is 0 Å². The standard InChI is InChI=1S/C12H14FNO4S/c1-8-7-19(17,18)5-4-14(8)12(16)10-3-2-9(15)6-11(10)13/h2-3,6,8,15H,4-5,7H2,1H3. The second-order valence-electron chi connectivity index (χ2n) is 4.63. The first kappa shape index (κ1) is 13.8. The van der Waals surface area contributed by atoms with Crippen LogP contribution in [0.3, 0.4) is 0 Å². The van der Waals surface area contributed by atoms with Gasteiger partial charge in [0.05, 0.1) is 17.1 Å². The second kappa shape index (κ2) is 4.80. The number of phenols is 1. The molecular formula is C12H14FNO4S. The van der Waals surface area contributed by atoms with E-state index in [1.165, 1.54) is 17.0 Å². The molecule has 1 aliphatic heterocycles. The van der Waals surface area contributed by atoms with E-state index in [2.05, 4.69) is 0 Å². The van der Waals surface area contributed by atoms with Crippen LogP contribution in [0.2, 0.25) is 0 Å². The monoisotopic (exact) mass is 287 g/mol. The summed E-state index contributed by atoms with van der Waals surface area (Å²) in [5.74, 6) is -1.85. The van der Waals surface area contributed by atoms with E-state index in [9.17, 15) is 17.6 Å². The molecule has 1 saturated heterocycles. The zero-order valence-electron chi connectivity index (χ0n) is 10.3. The van der Waals surface area contributed by atoms with Crippen molar-refractivity contribution in [1.82, 2.24) is 4.90 Å². The Morgan fingerprint density at radius 1 is 1.47 bits per heavy atom. The van der Waals surface area contributed by atoms with Gasteiger partial charge in [-0.25, -0.2) is 12.8 Å². The third-order valence-corrected chi connectivity index (χ3v) is 4.91. The molecule has 1 fully saturated rings. The highest BCUT2D eigenvalue weighted by atomic mass is 32.2. The fourth-order valence-electron chi connectivity index (χ4n) is 2.13. The van der Waals surface area contributed by atoms with Crippen LogP contribution in [0.15, 0.2) is 18.2 Å². The maximum atomic E-state index is 13.6. The Kier molecular flexibility index (Phi) is 3.49. The average Bonchev–Trinajstić information content (AvgIpc) is 2.26. The van der Waals surface area contributed by atoms with Crippen LogP contribution in [0.5, 0.6) is 5.75 Å². The third kappa shape index (κ3) is 2.86. The molecule has 7 heteroatoms. The van der Waals surface area contributed by atoms with Crippen molar-refractivity contribution in [2.75, 3.05) is 18.1 Å². The number of aromatic hydroxyl groups is 1. The largest absolute Gasteiger partial charge is 0.508 e. The van der Waals surface area contributed by atoms with Crippen LogP contribution in [0.1, 0.15) is 17.3 Å². The Morgan fingerprint density at radius 3 is 2.74 bits per heavy atom. The molecule has 19 heavy (non-hydrogen) atoms. The topological polar surface area (TPSA) is 74.7 Å². The zero-order valence-corrected chi connectivity index (χ0v) is 11.2. The fourth-order valence-corrected chi connectivity index (χ4v) is 3.69. The van der Waals surface area contributed by atoms with E-state index >= 15 is 0 Å². The number of halogens is 1. The molecule has 5 nitrogen and oxygen atoms in total. The highest BCUT2D eigenvalue weighted by molar-refractivity contribution is 7.91. The number of carbonyl (C=O) groups is 1. The molecule has 0 saturated carbocycles. The van der Waals surface area contributed by atoms with Gasteiger partial charge in [-0.1, -0.05) is 0 Å². The highest BCUT2D eigenvalue weighted by Gasteiger charge is 2.32. The van der Waals surface area contributed by atoms with E-state index in [1.54, 1.807) is 6.92 Å². The van der Waals surface area contributed by atoms with Gasteiger partial charge < -0.3 is 10.0 Å². The van der Waals surface area contributed by atoms with Gasteiger partial charge in [0.25, 0.3) is 5.91 Å². The average molecular weight is 287 g/mol. The molecule has 0 aliphatic carbocycles. The summed E-state index contributed by atoms with van der Waals surface area (Å²) in [7, 11) is -3.13. The van der Waals surface area contributed by atoms with E-state index in [0.717, 1.165) is 6.07 Å². The minimum absolute atomic E-state index is 0.0582. The lowest BCUT2D eigenvalue weighted by Crippen LogP contribution is -2.49. The van der Waals surface area contributed by atoms with Gasteiger partial charge in [-0.15, -0.1) is 0 Å². The molecule has 1 amide bonds. The summed E-state index contributed by atoms with van der Waals surface area (Å²) in [5, 5.41) is 9.11. The smallest absolute Gasteiger partial charge is 0.257 e. The van der Waals surface area contributed by atoms with Crippen LogP contribution in [0.4, 0.5) is 4.39 Å². The van der Waals surface area contributed by atoms with Crippen molar-refractivity contribution in [2.45, 2.75) is 13.0 Å². The van der Waals surface area contributed by atoms with Crippen molar-refractivity contribution in [2.24, 2.45) is 0 Å². The van der Waals surface area contributed by atoms with Gasteiger partial charge in [0.15, 0.2) is 9.84 Å². The number of hydrogen-bond acceptors (Lipinski definition) is 4. The Bertz CT molecular complexity index is 614. The third-order valence-electron chi connectivity index (χ3n) is 3.11. The van der Waals surface area contributed by atoms with Gasteiger partial charge in [0.1, 0.15) is 11.6 Å². The van der Waals surface area contributed by atoms with Crippen LogP contribution in [0, 0.1) is 5.82 Å². The number of amides is 1. The summed E-state index contributed by atoms with van der Waals surface area (Å²) in [5.41, 5.74) is -0.163. The lowest BCUT2D eigenvalue weighted by Gasteiger charge is -2.33. The molecule has 0 aromatic heterocycles. The quantitative estimate of drug-likeness (QED) is 0.828. The summed E-state index contributed by atoms with van der Waals surface area (Å²) in [6, 6.07) is 2.79. The van der Waals surface area contributed by atoms with Gasteiger partial charge in [-0.05, 0) is 19.1 Å². The molecule has 1 aromatic rings. The van der Waals surface area contributed by atoms with E-state index < -0.39 is 27.6 Å². The predicted molar refractivity (Wildman–Crippen MR) is 67.2 cm³/mol. The number of benzene rings is 1. The summed E-state index contributed by atoms with van der Waals surface area (Å²) < 4.78 is 36.5. The predicted octanol–water partition coefficient (Wildman–Crippen LogP) is 0.790. The van der Waals surface area contributed by atoms with Gasteiger partial charge in [-0.3, -0.25) is 4.79 Å². The molecule has 2 rings (SSSR count). The normalized spacial score (nSPS) is 22.2. The number of carbonyl (C=O) groups excluding carboxylic acids is 1. The van der Waals surface area contributed by atoms with E-state index in [0.29, 0.717) is 0 Å². The SMILES string of the molecule is CC1CS(=O)(=O)CCN1C(=O)c1ccc(O)cc1F. The lowest BCUT2D eigenvalue weighted by atomic mass is 10.1. The van der Waals surface area contributed by atoms with Crippen molar-refractivity contribution in [1.29, 1.82) is 0 Å². The maximum Gasteiger partial charge on any atom is 0.257 e. The van der Waals surface area contributed by atoms with Crippen LogP contribution in [-0.4, -0.2) is 48.4 Å². The number of sulfone groups is 1. The molecule has 104 valence electrons. The zero-order chi connectivity index (χ0) is 14.2. The van der Waals surface area contributed by atoms with Crippen LogP contribution in [0.25, 0.3) is 0 Å². The molecule has 1 aromatic carbocycles. The summed E-state index contributed by atoms with van der Waals surface area (Å²) in [6.07, 6.45) is 0. The van der Waals surface area contributed by atoms with Crippen LogP contribution < -0.4 is 0 Å². The molecular weight excluding hydrogens is 273 g/mol. The first-order valence-corrected chi connectivity index (χ1v) is 7.62. The molecule has 0 bridgehead atoms. The van der Waals surface area contributed by atoms with Crippen LogP contribution >= 0.6 is 0 Å². The van der Waals surface area contributed by atoms with E-state index in [1.807, 2.05) is 0 Å². The number of nitrogens with zero attached hydrogens (tertiary/aromatic N) is 1. The maximum absolute atomic E-state index is 13.6. The fraction of sp³-hybridized carbons (Fsp3) is 0.417. The summed E-state index contributed by atoms with van der Waals surface area (Å²) in [4.78, 5) is 13.5. The minimum Gasteiger partial charge on any atom is -0.508 e. The van der Waals surface area contributed by atoms with Crippen molar-refractivity contribution in [3.63, 3.8) is 0 Å². The minimum atomic E-state index is -3.13. The van der Waals surface area contributed by atoms with Gasteiger partial charge in [0, 0.05) is 18.7 Å². The summed E-state index contributed by atoms with van der Waals surface area (Å²) >= 11 is 0. The lowest BCUT2D eigenvalue weighted by molar-refractivity contribution is 0.0708. The molecule has 0 spiro atoms. The molecule has 1 atom stereocenters. The Hall–Kier alpha value is -1.63. The first-order valence-electron chi connectivity index (χ1n) is 5.80. The summed E-state index contributed by atoms with van der Waals surface area (Å²) in [6.45, 7) is 1.68. The highest BCUT2D eigenvalue weighted by Crippen LogP contribution is 2.20. The Balaban J connectivity index is 2.25. The van der Waals surface area contributed by atoms with E-state index in [4.69, 9.17) is 5.11 Å². The Morgan fingerprint density at radius 2 is 2.16 bits per heavy atom. The van der Waals surface area contributed by atoms with Crippen molar-refractivity contribution >= 4 is 15.7 Å².